The van der Waals surface area contributed by atoms with Gasteiger partial charge in [0.15, 0.2) is 9.84 Å². The summed E-state index contributed by atoms with van der Waals surface area (Å²) >= 11 is 5.85. The van der Waals surface area contributed by atoms with Crippen molar-refractivity contribution in [2.24, 2.45) is 0 Å². The fourth-order valence-corrected chi connectivity index (χ4v) is 3.42. The number of rotatable bonds is 2. The lowest BCUT2D eigenvalue weighted by atomic mass is 10.2. The van der Waals surface area contributed by atoms with Gasteiger partial charge in [0.1, 0.15) is 4.91 Å². The molecule has 1 aliphatic rings. The quantitative estimate of drug-likeness (QED) is 0.851. The predicted octanol–water partition coefficient (Wildman–Crippen LogP) is 2.17. The minimum absolute atomic E-state index is 0.0113. The van der Waals surface area contributed by atoms with Gasteiger partial charge in [0.25, 0.3) is 5.91 Å². The normalized spacial score (nSPS) is 20.9. The lowest BCUT2D eigenvalue weighted by Crippen LogP contribution is -2.25. The van der Waals surface area contributed by atoms with Crippen LogP contribution in [0.25, 0.3) is 6.08 Å². The van der Waals surface area contributed by atoms with E-state index in [2.05, 4.69) is 5.32 Å². The highest BCUT2D eigenvalue weighted by Gasteiger charge is 2.26. The number of hydrogen-bond acceptors (Lipinski definition) is 3. The molecule has 0 aliphatic carbocycles. The topological polar surface area (TPSA) is 63.2 Å². The molecule has 1 amide bonds. The molecule has 20 heavy (non-hydrogen) atoms. The molecule has 0 bridgehead atoms. The van der Waals surface area contributed by atoms with Crippen LogP contribution in [0.15, 0.2) is 41.3 Å². The maximum Gasteiger partial charge on any atom is 0.262 e. The fraction of sp³-hybridized carbons (Fsp3) is 0.214. The minimum Gasteiger partial charge on any atom is -0.351 e. The Balaban J connectivity index is 2.26. The van der Waals surface area contributed by atoms with Crippen molar-refractivity contribution in [3.63, 3.8) is 0 Å². The highest BCUT2D eigenvalue weighted by Crippen LogP contribution is 2.15. The monoisotopic (exact) mass is 311 g/mol. The molecule has 106 valence electrons. The van der Waals surface area contributed by atoms with Crippen LogP contribution < -0.4 is 5.32 Å². The van der Waals surface area contributed by atoms with Gasteiger partial charge >= 0.3 is 0 Å². The van der Waals surface area contributed by atoms with Crippen LogP contribution in [-0.4, -0.2) is 26.6 Å². The van der Waals surface area contributed by atoms with Crippen molar-refractivity contribution < 1.29 is 13.2 Å². The molecule has 1 aliphatic heterocycles. The lowest BCUT2D eigenvalue weighted by Gasteiger charge is -2.01. The molecule has 0 spiro atoms. The van der Waals surface area contributed by atoms with Gasteiger partial charge in [-0.05, 0) is 30.2 Å². The number of carbonyl (C=O) groups is 1. The Morgan fingerprint density at radius 1 is 1.30 bits per heavy atom. The number of allylic oxidation sites excluding steroid dienone is 2. The predicted molar refractivity (Wildman–Crippen MR) is 80.0 cm³/mol. The molecule has 1 fully saturated rings. The summed E-state index contributed by atoms with van der Waals surface area (Å²) in [4.78, 5) is 11.5. The first-order valence-corrected chi connectivity index (χ1v) is 8.17. The summed E-state index contributed by atoms with van der Waals surface area (Å²) in [6.45, 7) is 0.382. The standard InChI is InChI=1S/C14H14ClNO3S/c15-12-6-1-4-11(10-12)5-2-7-13-14(17)16-8-3-9-20(13,18)19/h1-2,4-7,10H,3,8-9H2,(H,16,17)/b5-2+,13-7+. The Kier molecular flexibility index (Phi) is 4.62. The average Bonchev–Trinajstić information content (AvgIpc) is 2.50. The second-order valence-electron chi connectivity index (χ2n) is 4.37. The zero-order valence-electron chi connectivity index (χ0n) is 10.7. The third-order valence-corrected chi connectivity index (χ3v) is 4.87. The molecule has 1 aromatic rings. The van der Waals surface area contributed by atoms with Gasteiger partial charge in [-0.15, -0.1) is 0 Å². The van der Waals surface area contributed by atoms with Crippen LogP contribution in [0.1, 0.15) is 12.0 Å². The molecule has 6 heteroatoms. The van der Waals surface area contributed by atoms with E-state index >= 15 is 0 Å². The van der Waals surface area contributed by atoms with Gasteiger partial charge in [0, 0.05) is 11.6 Å². The zero-order valence-corrected chi connectivity index (χ0v) is 12.2. The fourth-order valence-electron chi connectivity index (χ4n) is 1.84. The van der Waals surface area contributed by atoms with Crippen molar-refractivity contribution in [2.75, 3.05) is 12.3 Å². The van der Waals surface area contributed by atoms with Crippen LogP contribution >= 0.6 is 11.6 Å². The Labute approximate surface area is 123 Å². The third-order valence-electron chi connectivity index (χ3n) is 2.82. The summed E-state index contributed by atoms with van der Waals surface area (Å²) in [6, 6.07) is 7.13. The van der Waals surface area contributed by atoms with Gasteiger partial charge in [0.2, 0.25) is 0 Å². The van der Waals surface area contributed by atoms with Crippen molar-refractivity contribution in [3.8, 4) is 0 Å². The molecule has 0 saturated carbocycles. The van der Waals surface area contributed by atoms with E-state index in [9.17, 15) is 13.2 Å². The largest absolute Gasteiger partial charge is 0.351 e. The van der Waals surface area contributed by atoms with Gasteiger partial charge in [0.05, 0.1) is 5.75 Å². The Hall–Kier alpha value is -1.59. The first-order valence-electron chi connectivity index (χ1n) is 6.14. The first-order chi connectivity index (χ1) is 9.49. The molecule has 0 aromatic heterocycles. The highest BCUT2D eigenvalue weighted by atomic mass is 35.5. The number of benzene rings is 1. The van der Waals surface area contributed by atoms with Gasteiger partial charge in [-0.2, -0.15) is 0 Å². The maximum absolute atomic E-state index is 11.9. The van der Waals surface area contributed by atoms with E-state index in [1.54, 1.807) is 30.4 Å². The molecule has 4 nitrogen and oxygen atoms in total. The molecule has 0 atom stereocenters. The van der Waals surface area contributed by atoms with Crippen LogP contribution in [0.4, 0.5) is 0 Å². The Bertz CT molecular complexity index is 677. The van der Waals surface area contributed by atoms with Crippen LogP contribution in [-0.2, 0) is 14.6 Å². The van der Waals surface area contributed by atoms with E-state index in [1.807, 2.05) is 6.07 Å². The van der Waals surface area contributed by atoms with Gasteiger partial charge in [-0.25, -0.2) is 8.42 Å². The molecule has 0 unspecified atom stereocenters. The van der Waals surface area contributed by atoms with E-state index in [0.29, 0.717) is 18.0 Å². The van der Waals surface area contributed by atoms with E-state index in [0.717, 1.165) is 5.56 Å². The first kappa shape index (κ1) is 14.8. The number of nitrogens with one attached hydrogen (secondary N) is 1. The van der Waals surface area contributed by atoms with Gasteiger partial charge < -0.3 is 5.32 Å². The number of sulfone groups is 1. The van der Waals surface area contributed by atoms with Gasteiger partial charge in [-0.3, -0.25) is 4.79 Å². The Morgan fingerprint density at radius 3 is 2.85 bits per heavy atom. The van der Waals surface area contributed by atoms with E-state index in [4.69, 9.17) is 11.6 Å². The third kappa shape index (κ3) is 3.71. The molecule has 1 saturated heterocycles. The van der Waals surface area contributed by atoms with Crippen LogP contribution in [0.5, 0.6) is 0 Å². The summed E-state index contributed by atoms with van der Waals surface area (Å²) in [5.41, 5.74) is 0.834. The van der Waals surface area contributed by atoms with Crippen molar-refractivity contribution >= 4 is 33.4 Å². The van der Waals surface area contributed by atoms with Crippen molar-refractivity contribution in [3.05, 3.63) is 51.9 Å². The number of hydrogen-bond donors (Lipinski definition) is 1. The molecule has 0 radical (unpaired) electrons. The summed E-state index contributed by atoms with van der Waals surface area (Å²) in [5, 5.41) is 3.16. The molecule has 1 aromatic carbocycles. The number of amides is 1. The summed E-state index contributed by atoms with van der Waals surface area (Å²) in [5.74, 6) is -0.555. The van der Waals surface area contributed by atoms with Crippen LogP contribution in [0, 0.1) is 0 Å². The summed E-state index contributed by atoms with van der Waals surface area (Å²) in [7, 11) is -3.50. The average molecular weight is 312 g/mol. The second-order valence-corrected chi connectivity index (χ2v) is 6.89. The molecule has 2 rings (SSSR count). The molecule has 1 heterocycles. The smallest absolute Gasteiger partial charge is 0.262 e. The number of carbonyl (C=O) groups excluding carboxylic acids is 1. The summed E-state index contributed by atoms with van der Waals surface area (Å²) < 4.78 is 23.8. The molecular formula is C14H14ClNO3S. The molecular weight excluding hydrogens is 298 g/mol. The summed E-state index contributed by atoms with van der Waals surface area (Å²) in [6.07, 6.45) is 5.01. The van der Waals surface area contributed by atoms with E-state index in [1.165, 1.54) is 6.08 Å². The lowest BCUT2D eigenvalue weighted by molar-refractivity contribution is -0.116. The molecule has 1 N–H and O–H groups in total. The second kappa shape index (κ2) is 6.24. The van der Waals surface area contributed by atoms with Crippen LogP contribution in [0.3, 0.4) is 0 Å². The Morgan fingerprint density at radius 2 is 2.10 bits per heavy atom. The van der Waals surface area contributed by atoms with E-state index < -0.39 is 15.7 Å². The highest BCUT2D eigenvalue weighted by molar-refractivity contribution is 7.96. The van der Waals surface area contributed by atoms with Gasteiger partial charge in [-0.1, -0.05) is 35.9 Å². The van der Waals surface area contributed by atoms with Crippen molar-refractivity contribution in [1.82, 2.24) is 5.32 Å². The maximum atomic E-state index is 11.9. The van der Waals surface area contributed by atoms with Crippen molar-refractivity contribution in [1.29, 1.82) is 0 Å². The minimum atomic E-state index is -3.50. The van der Waals surface area contributed by atoms with Crippen LogP contribution in [0.2, 0.25) is 5.02 Å². The zero-order chi connectivity index (χ0) is 14.6. The number of halogens is 1. The van der Waals surface area contributed by atoms with Crippen molar-refractivity contribution in [2.45, 2.75) is 6.42 Å². The SMILES string of the molecule is O=C1NCCCS(=O)(=O)/C1=C/C=C/c1cccc(Cl)c1. The van der Waals surface area contributed by atoms with E-state index in [-0.39, 0.29) is 10.7 Å².